The average Bonchev–Trinajstić information content (AvgIpc) is 3.27. The molecule has 0 saturated carbocycles. The molecule has 0 radical (unpaired) electrons. The van der Waals surface area contributed by atoms with Crippen molar-refractivity contribution in [3.63, 3.8) is 0 Å². The second kappa shape index (κ2) is 9.17. The molecule has 152 valence electrons. The molecule has 2 aromatic heterocycles. The van der Waals surface area contributed by atoms with Crippen LogP contribution in [0.25, 0.3) is 11.3 Å². The monoisotopic (exact) mass is 474 g/mol. The van der Waals surface area contributed by atoms with E-state index in [9.17, 15) is 4.79 Å². The fourth-order valence-corrected chi connectivity index (χ4v) is 4.54. The second-order valence-corrected chi connectivity index (χ2v) is 9.03. The van der Waals surface area contributed by atoms with Crippen LogP contribution in [0.3, 0.4) is 0 Å². The first-order valence-electron chi connectivity index (χ1n) is 9.73. The number of rotatable bonds is 6. The van der Waals surface area contributed by atoms with Gasteiger partial charge in [0.15, 0.2) is 5.16 Å². The minimum atomic E-state index is 0.0440. The Hall–Kier alpha value is -2.06. The summed E-state index contributed by atoms with van der Waals surface area (Å²) in [5.74, 6) is 2.99. The quantitative estimate of drug-likeness (QED) is 0.481. The van der Waals surface area contributed by atoms with Gasteiger partial charge in [0.05, 0.1) is 12.3 Å². The van der Waals surface area contributed by atoms with Crippen molar-refractivity contribution < 1.29 is 9.21 Å². The number of aryl methyl sites for hydroxylation is 1. The van der Waals surface area contributed by atoms with E-state index >= 15 is 0 Å². The summed E-state index contributed by atoms with van der Waals surface area (Å²) in [6, 6.07) is 11.8. The Labute approximate surface area is 182 Å². The third-order valence-corrected chi connectivity index (χ3v) is 6.49. The smallest absolute Gasteiger partial charge is 0.233 e. The number of fused-ring (bicyclic) bond motifs is 1. The standard InChI is InChI=1S/C21H23BrN4O2S/c1-25(13-17-10-11-18(28-17)15-6-8-16(22)9-7-15)20(27)14-29-21-24-23-19-5-3-2-4-12-26(19)21/h6-11H,2-5,12-14H2,1H3. The fourth-order valence-electron chi connectivity index (χ4n) is 3.36. The van der Waals surface area contributed by atoms with Crippen LogP contribution in [0.15, 0.2) is 50.4 Å². The van der Waals surface area contributed by atoms with Gasteiger partial charge in [0, 0.05) is 30.0 Å². The molecular weight excluding hydrogens is 452 g/mol. The highest BCUT2D eigenvalue weighted by Gasteiger charge is 2.18. The summed E-state index contributed by atoms with van der Waals surface area (Å²) in [6.45, 7) is 1.38. The molecule has 0 N–H and O–H groups in total. The maximum absolute atomic E-state index is 12.6. The average molecular weight is 475 g/mol. The van der Waals surface area contributed by atoms with Gasteiger partial charge in [-0.1, -0.05) is 46.2 Å². The highest BCUT2D eigenvalue weighted by Crippen LogP contribution is 2.25. The van der Waals surface area contributed by atoms with E-state index in [-0.39, 0.29) is 5.91 Å². The predicted octanol–water partition coefficient (Wildman–Crippen LogP) is 4.78. The van der Waals surface area contributed by atoms with E-state index in [1.165, 1.54) is 18.2 Å². The Balaban J connectivity index is 1.33. The van der Waals surface area contributed by atoms with Gasteiger partial charge in [0.1, 0.15) is 17.3 Å². The van der Waals surface area contributed by atoms with E-state index in [1.54, 1.807) is 11.9 Å². The van der Waals surface area contributed by atoms with E-state index in [0.717, 1.165) is 58.3 Å². The number of aromatic nitrogens is 3. The van der Waals surface area contributed by atoms with Gasteiger partial charge in [-0.25, -0.2) is 0 Å². The van der Waals surface area contributed by atoms with E-state index in [4.69, 9.17) is 4.42 Å². The lowest BCUT2D eigenvalue weighted by molar-refractivity contribution is -0.127. The molecule has 0 unspecified atom stereocenters. The molecule has 0 spiro atoms. The first-order valence-corrected chi connectivity index (χ1v) is 11.5. The first kappa shape index (κ1) is 20.2. The number of carbonyl (C=O) groups excluding carboxylic acids is 1. The van der Waals surface area contributed by atoms with Crippen LogP contribution in [0.1, 0.15) is 30.8 Å². The van der Waals surface area contributed by atoms with Gasteiger partial charge in [-0.05, 0) is 37.1 Å². The summed E-state index contributed by atoms with van der Waals surface area (Å²) in [5, 5.41) is 9.42. The van der Waals surface area contributed by atoms with Crippen LogP contribution in [0.4, 0.5) is 0 Å². The van der Waals surface area contributed by atoms with Crippen LogP contribution >= 0.6 is 27.7 Å². The van der Waals surface area contributed by atoms with Gasteiger partial charge >= 0.3 is 0 Å². The third-order valence-electron chi connectivity index (χ3n) is 5.01. The number of hydrogen-bond donors (Lipinski definition) is 0. The van der Waals surface area contributed by atoms with Gasteiger partial charge in [-0.2, -0.15) is 0 Å². The van der Waals surface area contributed by atoms with Crippen molar-refractivity contribution in [2.45, 2.75) is 43.9 Å². The summed E-state index contributed by atoms with van der Waals surface area (Å²) in [5.41, 5.74) is 1.01. The summed E-state index contributed by atoms with van der Waals surface area (Å²) in [7, 11) is 1.80. The molecule has 0 saturated heterocycles. The molecule has 3 aromatic rings. The number of thioether (sulfide) groups is 1. The Morgan fingerprint density at radius 2 is 2.00 bits per heavy atom. The molecule has 8 heteroatoms. The zero-order valence-corrected chi connectivity index (χ0v) is 18.7. The van der Waals surface area contributed by atoms with Gasteiger partial charge in [0.2, 0.25) is 5.91 Å². The fraction of sp³-hybridized carbons (Fsp3) is 0.381. The summed E-state index contributed by atoms with van der Waals surface area (Å²) < 4.78 is 9.12. The van der Waals surface area contributed by atoms with Crippen LogP contribution in [0.5, 0.6) is 0 Å². The molecule has 3 heterocycles. The maximum Gasteiger partial charge on any atom is 0.233 e. The van der Waals surface area contributed by atoms with Crippen molar-refractivity contribution in [1.82, 2.24) is 19.7 Å². The summed E-state index contributed by atoms with van der Waals surface area (Å²) in [6.07, 6.45) is 4.50. The lowest BCUT2D eigenvalue weighted by Crippen LogP contribution is -2.27. The van der Waals surface area contributed by atoms with E-state index in [2.05, 4.69) is 30.7 Å². The Morgan fingerprint density at radius 3 is 2.83 bits per heavy atom. The molecule has 0 fully saturated rings. The SMILES string of the molecule is CN(Cc1ccc(-c2ccc(Br)cc2)o1)C(=O)CSc1nnc2n1CCCCC2. The van der Waals surface area contributed by atoms with Crippen molar-refractivity contribution in [2.24, 2.45) is 0 Å². The third kappa shape index (κ3) is 4.93. The van der Waals surface area contributed by atoms with Crippen molar-refractivity contribution in [2.75, 3.05) is 12.8 Å². The molecule has 1 amide bonds. The highest BCUT2D eigenvalue weighted by molar-refractivity contribution is 9.10. The molecule has 0 atom stereocenters. The number of halogens is 1. The highest BCUT2D eigenvalue weighted by atomic mass is 79.9. The molecule has 29 heavy (non-hydrogen) atoms. The number of nitrogens with zero attached hydrogens (tertiary/aromatic N) is 4. The lowest BCUT2D eigenvalue weighted by Gasteiger charge is -2.15. The van der Waals surface area contributed by atoms with Crippen molar-refractivity contribution in [1.29, 1.82) is 0 Å². The second-order valence-electron chi connectivity index (χ2n) is 7.17. The largest absolute Gasteiger partial charge is 0.459 e. The molecule has 1 aliphatic heterocycles. The number of carbonyl (C=O) groups is 1. The Bertz CT molecular complexity index is 983. The maximum atomic E-state index is 12.6. The van der Waals surface area contributed by atoms with Crippen LogP contribution in [0.2, 0.25) is 0 Å². The van der Waals surface area contributed by atoms with E-state index < -0.39 is 0 Å². The zero-order valence-electron chi connectivity index (χ0n) is 16.3. The first-order chi connectivity index (χ1) is 14.1. The predicted molar refractivity (Wildman–Crippen MR) is 117 cm³/mol. The van der Waals surface area contributed by atoms with Crippen LogP contribution in [0, 0.1) is 0 Å². The topological polar surface area (TPSA) is 64.2 Å². The van der Waals surface area contributed by atoms with Crippen molar-refractivity contribution >= 4 is 33.6 Å². The van der Waals surface area contributed by atoms with E-state index in [1.807, 2.05) is 36.4 Å². The van der Waals surface area contributed by atoms with Crippen LogP contribution in [-0.4, -0.2) is 38.4 Å². The molecule has 0 aliphatic carbocycles. The molecule has 4 rings (SSSR count). The van der Waals surface area contributed by atoms with Crippen LogP contribution in [-0.2, 0) is 24.3 Å². The lowest BCUT2D eigenvalue weighted by atomic mass is 10.2. The number of amides is 1. The molecule has 1 aliphatic rings. The minimum absolute atomic E-state index is 0.0440. The van der Waals surface area contributed by atoms with Gasteiger partial charge in [-0.15, -0.1) is 10.2 Å². The summed E-state index contributed by atoms with van der Waals surface area (Å²) >= 11 is 4.90. The van der Waals surface area contributed by atoms with Crippen molar-refractivity contribution in [3.8, 4) is 11.3 Å². The van der Waals surface area contributed by atoms with Crippen LogP contribution < -0.4 is 0 Å². The molecular formula is C21H23BrN4O2S. The van der Waals surface area contributed by atoms with E-state index in [0.29, 0.717) is 12.3 Å². The summed E-state index contributed by atoms with van der Waals surface area (Å²) in [4.78, 5) is 14.3. The normalized spacial score (nSPS) is 13.7. The zero-order chi connectivity index (χ0) is 20.2. The molecule has 0 bridgehead atoms. The van der Waals surface area contributed by atoms with Gasteiger partial charge in [-0.3, -0.25) is 4.79 Å². The molecule has 6 nitrogen and oxygen atoms in total. The van der Waals surface area contributed by atoms with Crippen molar-refractivity contribution in [3.05, 3.63) is 52.5 Å². The van der Waals surface area contributed by atoms with Gasteiger partial charge in [0.25, 0.3) is 0 Å². The number of furan rings is 1. The number of benzene rings is 1. The number of hydrogen-bond acceptors (Lipinski definition) is 5. The minimum Gasteiger partial charge on any atom is -0.459 e. The Kier molecular flexibility index (Phi) is 6.40. The van der Waals surface area contributed by atoms with Gasteiger partial charge < -0.3 is 13.9 Å². The Morgan fingerprint density at radius 1 is 1.17 bits per heavy atom. The molecule has 1 aromatic carbocycles.